The summed E-state index contributed by atoms with van der Waals surface area (Å²) in [5, 5.41) is 9.42. The molecule has 2 aromatic rings. The summed E-state index contributed by atoms with van der Waals surface area (Å²) >= 11 is 0. The monoisotopic (exact) mass is 447 g/mol. The Morgan fingerprint density at radius 1 is 1.12 bits per heavy atom. The molecule has 1 aliphatic carbocycles. The van der Waals surface area contributed by atoms with E-state index in [1.165, 1.54) is 22.5 Å². The van der Waals surface area contributed by atoms with E-state index in [-0.39, 0.29) is 11.3 Å². The van der Waals surface area contributed by atoms with Crippen molar-refractivity contribution in [1.82, 2.24) is 0 Å². The fraction of sp³-hybridized carbons (Fsp3) is 0.333. The van der Waals surface area contributed by atoms with E-state index in [0.717, 1.165) is 62.0 Å². The molecule has 0 atom stereocenters. The zero-order valence-corrected chi connectivity index (χ0v) is 19.7. The van der Waals surface area contributed by atoms with Crippen molar-refractivity contribution in [1.29, 1.82) is 5.26 Å². The molecule has 0 bridgehead atoms. The van der Waals surface area contributed by atoms with Crippen molar-refractivity contribution in [2.75, 3.05) is 11.4 Å². The van der Waals surface area contributed by atoms with Crippen LogP contribution in [0.2, 0.25) is 0 Å². The minimum Gasteiger partial charge on any atom is -0.487 e. The zero-order valence-electron chi connectivity index (χ0n) is 19.7. The maximum Gasteiger partial charge on any atom is 0.265 e. The smallest absolute Gasteiger partial charge is 0.265 e. The van der Waals surface area contributed by atoms with Gasteiger partial charge in [0.05, 0.1) is 12.6 Å². The number of rotatable bonds is 3. The number of allylic oxidation sites excluding steroid dienone is 3. The maximum atomic E-state index is 9.42. The van der Waals surface area contributed by atoms with Gasteiger partial charge in [-0.1, -0.05) is 29.8 Å². The normalized spacial score (nSPS) is 20.3. The van der Waals surface area contributed by atoms with Crippen LogP contribution in [0, 0.1) is 24.8 Å². The van der Waals surface area contributed by atoms with E-state index in [1.54, 1.807) is 0 Å². The molecule has 0 unspecified atom stereocenters. The fourth-order valence-corrected chi connectivity index (χ4v) is 5.48. The Hall–Kier alpha value is -3.76. The maximum absolute atomic E-state index is 9.42. The standard InChI is InChI=1S/C30H29N3O/c1-22-7-11-26(12-8-22)33-17-5-6-24-18-23(10-14-29(24)33)9-13-27-19-25(28(21-31)32-2)20-30(34-27)15-3-4-16-30/h7-14,18-19H,3-6,15-17,20H2,1H3/b13-9+,28-25-. The van der Waals surface area contributed by atoms with Crippen molar-refractivity contribution >= 4 is 17.5 Å². The van der Waals surface area contributed by atoms with Crippen molar-refractivity contribution in [2.24, 2.45) is 0 Å². The second-order valence-corrected chi connectivity index (χ2v) is 9.63. The highest BCUT2D eigenvalue weighted by molar-refractivity contribution is 5.70. The molecule has 170 valence electrons. The van der Waals surface area contributed by atoms with Crippen molar-refractivity contribution in [3.63, 3.8) is 0 Å². The van der Waals surface area contributed by atoms with E-state index in [9.17, 15) is 5.26 Å². The van der Waals surface area contributed by atoms with Crippen molar-refractivity contribution in [2.45, 2.75) is 57.5 Å². The van der Waals surface area contributed by atoms with Gasteiger partial charge in [0.25, 0.3) is 5.70 Å². The number of fused-ring (bicyclic) bond motifs is 1. The number of hydrogen-bond acceptors (Lipinski definition) is 3. The van der Waals surface area contributed by atoms with E-state index in [2.05, 4.69) is 71.3 Å². The lowest BCUT2D eigenvalue weighted by atomic mass is 9.88. The molecular formula is C30H29N3O. The van der Waals surface area contributed by atoms with Crippen molar-refractivity contribution in [3.8, 4) is 6.07 Å². The lowest BCUT2D eigenvalue weighted by molar-refractivity contribution is 0.00776. The first-order chi connectivity index (χ1) is 16.6. The lowest BCUT2D eigenvalue weighted by Gasteiger charge is -2.35. The molecule has 0 saturated heterocycles. The van der Waals surface area contributed by atoms with Crippen LogP contribution in [0.25, 0.3) is 10.9 Å². The number of benzene rings is 2. The van der Waals surface area contributed by atoms with Gasteiger partial charge in [0, 0.05) is 24.3 Å². The van der Waals surface area contributed by atoms with E-state index >= 15 is 0 Å². The lowest BCUT2D eigenvalue weighted by Crippen LogP contribution is -2.31. The van der Waals surface area contributed by atoms with Gasteiger partial charge in [-0.05, 0) is 98.6 Å². The van der Waals surface area contributed by atoms with Gasteiger partial charge in [-0.15, -0.1) is 0 Å². The van der Waals surface area contributed by atoms with Gasteiger partial charge in [0.1, 0.15) is 11.4 Å². The largest absolute Gasteiger partial charge is 0.487 e. The van der Waals surface area contributed by atoms with Crippen LogP contribution in [-0.2, 0) is 11.2 Å². The predicted molar refractivity (Wildman–Crippen MR) is 136 cm³/mol. The van der Waals surface area contributed by atoms with Crippen LogP contribution in [0.15, 0.2) is 71.6 Å². The van der Waals surface area contributed by atoms with Gasteiger partial charge in [-0.2, -0.15) is 0 Å². The molecule has 1 saturated carbocycles. The van der Waals surface area contributed by atoms with Crippen LogP contribution < -0.4 is 4.90 Å². The number of anilines is 2. The van der Waals surface area contributed by atoms with Crippen molar-refractivity contribution in [3.05, 3.63) is 99.8 Å². The third-order valence-electron chi connectivity index (χ3n) is 7.21. The second-order valence-electron chi connectivity index (χ2n) is 9.63. The van der Waals surface area contributed by atoms with E-state index in [1.807, 2.05) is 12.2 Å². The summed E-state index contributed by atoms with van der Waals surface area (Å²) in [6.45, 7) is 10.5. The average molecular weight is 448 g/mol. The summed E-state index contributed by atoms with van der Waals surface area (Å²) in [7, 11) is 0. The summed E-state index contributed by atoms with van der Waals surface area (Å²) in [6.07, 6.45) is 13.1. The highest BCUT2D eigenvalue weighted by Gasteiger charge is 2.39. The van der Waals surface area contributed by atoms with Gasteiger partial charge in [-0.25, -0.2) is 10.1 Å². The Labute approximate surface area is 202 Å². The number of aryl methyl sites for hydroxylation is 2. The average Bonchev–Trinajstić information content (AvgIpc) is 3.30. The summed E-state index contributed by atoms with van der Waals surface area (Å²) in [5.74, 6) is 0.749. The van der Waals surface area contributed by atoms with Gasteiger partial charge in [-0.3, -0.25) is 0 Å². The van der Waals surface area contributed by atoms with Crippen LogP contribution in [0.5, 0.6) is 0 Å². The Balaban J connectivity index is 1.42. The predicted octanol–water partition coefficient (Wildman–Crippen LogP) is 7.41. The van der Waals surface area contributed by atoms with Crippen LogP contribution in [-0.4, -0.2) is 12.1 Å². The first-order valence-corrected chi connectivity index (χ1v) is 12.2. The van der Waals surface area contributed by atoms with E-state index in [4.69, 9.17) is 11.3 Å². The van der Waals surface area contributed by atoms with Gasteiger partial charge in [0.15, 0.2) is 0 Å². The Morgan fingerprint density at radius 3 is 2.65 bits per heavy atom. The zero-order chi connectivity index (χ0) is 23.5. The molecule has 4 nitrogen and oxygen atoms in total. The fourth-order valence-electron chi connectivity index (χ4n) is 5.48. The summed E-state index contributed by atoms with van der Waals surface area (Å²) in [6, 6.07) is 17.5. The molecule has 0 aromatic heterocycles. The molecular weight excluding hydrogens is 418 g/mol. The molecule has 0 amide bonds. The molecule has 1 fully saturated rings. The van der Waals surface area contributed by atoms with E-state index < -0.39 is 0 Å². The summed E-state index contributed by atoms with van der Waals surface area (Å²) < 4.78 is 6.44. The third kappa shape index (κ3) is 4.37. The molecule has 0 radical (unpaired) electrons. The molecule has 2 heterocycles. The van der Waals surface area contributed by atoms with Gasteiger partial charge >= 0.3 is 0 Å². The highest BCUT2D eigenvalue weighted by atomic mass is 16.5. The first-order valence-electron chi connectivity index (χ1n) is 12.2. The number of hydrogen-bond donors (Lipinski definition) is 0. The number of nitrogens with zero attached hydrogens (tertiary/aromatic N) is 3. The molecule has 2 aromatic carbocycles. The Bertz CT molecular complexity index is 1250. The molecule has 34 heavy (non-hydrogen) atoms. The van der Waals surface area contributed by atoms with Crippen molar-refractivity contribution < 1.29 is 4.74 Å². The minimum atomic E-state index is -0.263. The quantitative estimate of drug-likeness (QED) is 0.363. The number of ether oxygens (including phenoxy) is 1. The molecule has 3 aliphatic rings. The van der Waals surface area contributed by atoms with Gasteiger partial charge in [0.2, 0.25) is 0 Å². The molecule has 4 heteroatoms. The Kier molecular flexibility index (Phi) is 5.99. The Morgan fingerprint density at radius 2 is 1.91 bits per heavy atom. The summed E-state index contributed by atoms with van der Waals surface area (Å²) in [4.78, 5) is 5.87. The topological polar surface area (TPSA) is 40.6 Å². The number of nitriles is 1. The molecule has 5 rings (SSSR count). The minimum absolute atomic E-state index is 0.186. The second kappa shape index (κ2) is 9.24. The van der Waals surface area contributed by atoms with E-state index in [0.29, 0.717) is 6.42 Å². The summed E-state index contributed by atoms with van der Waals surface area (Å²) in [5.41, 5.74) is 7.03. The molecule has 1 spiro atoms. The van der Waals surface area contributed by atoms with Gasteiger partial charge < -0.3 is 9.64 Å². The van der Waals surface area contributed by atoms with Crippen LogP contribution in [0.1, 0.15) is 55.2 Å². The van der Waals surface area contributed by atoms with Crippen LogP contribution >= 0.6 is 0 Å². The SMILES string of the molecule is [C-]#[N+]/C(C#N)=C1C=C(/C=C/c2ccc3c(c2)CCCN3c2ccc(C)cc2)OC2(CCCC2)C/1. The highest BCUT2D eigenvalue weighted by Crippen LogP contribution is 2.44. The van der Waals surface area contributed by atoms with Crippen LogP contribution in [0.3, 0.4) is 0 Å². The molecule has 2 aliphatic heterocycles. The first kappa shape index (κ1) is 22.1. The third-order valence-corrected chi connectivity index (χ3v) is 7.21. The molecule has 0 N–H and O–H groups in total. The van der Waals surface area contributed by atoms with Crippen LogP contribution in [0.4, 0.5) is 11.4 Å².